The first-order chi connectivity index (χ1) is 9.76. The minimum atomic E-state index is 0. The van der Waals surface area contributed by atoms with Gasteiger partial charge in [-0.05, 0) is 61.8 Å². The highest BCUT2D eigenvalue weighted by Gasteiger charge is 2.25. The van der Waals surface area contributed by atoms with E-state index in [-0.39, 0.29) is 24.2 Å². The van der Waals surface area contributed by atoms with Gasteiger partial charge < -0.3 is 10.6 Å². The van der Waals surface area contributed by atoms with Gasteiger partial charge in [0.25, 0.3) is 0 Å². The van der Waals surface area contributed by atoms with Crippen LogP contribution in [0, 0.1) is 11.8 Å². The van der Waals surface area contributed by atoms with Crippen molar-refractivity contribution in [3.8, 4) is 0 Å². The molecule has 0 spiro atoms. The van der Waals surface area contributed by atoms with E-state index in [1.54, 1.807) is 0 Å². The number of hydrogen-bond acceptors (Lipinski definition) is 2. The first-order valence-electron chi connectivity index (χ1n) is 7.94. The Morgan fingerprint density at radius 1 is 1.29 bits per heavy atom. The molecule has 0 radical (unpaired) electrons. The lowest BCUT2D eigenvalue weighted by Crippen LogP contribution is -2.27. The molecule has 116 valence electrons. The van der Waals surface area contributed by atoms with Crippen LogP contribution in [0.2, 0.25) is 0 Å². The fraction of sp³-hybridized carbons (Fsp3) is 0.588. The summed E-state index contributed by atoms with van der Waals surface area (Å²) >= 11 is 0. The second-order valence-electron chi connectivity index (χ2n) is 6.16. The van der Waals surface area contributed by atoms with Crippen molar-refractivity contribution in [3.05, 3.63) is 23.8 Å². The van der Waals surface area contributed by atoms with E-state index in [1.807, 2.05) is 6.07 Å². The number of amides is 1. The first-order valence-corrected chi connectivity index (χ1v) is 7.94. The van der Waals surface area contributed by atoms with Crippen molar-refractivity contribution < 1.29 is 4.79 Å². The summed E-state index contributed by atoms with van der Waals surface area (Å²) in [6.07, 6.45) is 6.84. The largest absolute Gasteiger partial charge is 0.384 e. The number of nitrogens with one attached hydrogen (secondary N) is 2. The molecular weight excluding hydrogens is 284 g/mol. The number of fused-ring (bicyclic) bond motifs is 1. The zero-order valence-corrected chi connectivity index (χ0v) is 13.5. The maximum atomic E-state index is 12.3. The van der Waals surface area contributed by atoms with Crippen molar-refractivity contribution in [2.45, 2.75) is 45.4 Å². The molecule has 1 amide bonds. The van der Waals surface area contributed by atoms with Crippen molar-refractivity contribution in [2.24, 2.45) is 11.8 Å². The molecule has 1 aromatic carbocycles. The van der Waals surface area contributed by atoms with E-state index in [0.29, 0.717) is 0 Å². The molecule has 1 fully saturated rings. The fourth-order valence-electron chi connectivity index (χ4n) is 3.46. The Hall–Kier alpha value is -1.22. The summed E-state index contributed by atoms with van der Waals surface area (Å²) < 4.78 is 0. The van der Waals surface area contributed by atoms with Crippen molar-refractivity contribution >= 4 is 29.7 Å². The van der Waals surface area contributed by atoms with Crippen LogP contribution in [0.25, 0.3) is 0 Å². The van der Waals surface area contributed by atoms with E-state index in [4.69, 9.17) is 0 Å². The summed E-state index contributed by atoms with van der Waals surface area (Å²) in [5.74, 6) is 1.26. The molecule has 2 N–H and O–H groups in total. The third-order valence-corrected chi connectivity index (χ3v) is 4.88. The highest BCUT2D eigenvalue weighted by molar-refractivity contribution is 5.93. The van der Waals surface area contributed by atoms with Gasteiger partial charge in [0.15, 0.2) is 0 Å². The van der Waals surface area contributed by atoms with Crippen LogP contribution in [-0.2, 0) is 11.2 Å². The molecule has 1 aliphatic heterocycles. The van der Waals surface area contributed by atoms with Gasteiger partial charge in [-0.1, -0.05) is 13.3 Å². The third-order valence-electron chi connectivity index (χ3n) is 4.88. The van der Waals surface area contributed by atoms with Gasteiger partial charge in [-0.25, -0.2) is 0 Å². The van der Waals surface area contributed by atoms with Crippen LogP contribution in [0.1, 0.15) is 44.6 Å². The van der Waals surface area contributed by atoms with Crippen LogP contribution in [-0.4, -0.2) is 12.5 Å². The molecule has 0 bridgehead atoms. The number of carbonyl (C=O) groups excluding carboxylic acids is 1. The number of benzene rings is 1. The number of carbonyl (C=O) groups is 1. The monoisotopic (exact) mass is 308 g/mol. The van der Waals surface area contributed by atoms with Gasteiger partial charge in [-0.2, -0.15) is 0 Å². The van der Waals surface area contributed by atoms with E-state index < -0.39 is 0 Å². The molecule has 1 saturated carbocycles. The van der Waals surface area contributed by atoms with Crippen molar-refractivity contribution in [1.82, 2.24) is 0 Å². The van der Waals surface area contributed by atoms with Gasteiger partial charge in [0.05, 0.1) is 0 Å². The minimum Gasteiger partial charge on any atom is -0.384 e. The Kier molecular flexibility index (Phi) is 5.51. The summed E-state index contributed by atoms with van der Waals surface area (Å²) in [5.41, 5.74) is 3.49. The fourth-order valence-corrected chi connectivity index (χ4v) is 3.46. The summed E-state index contributed by atoms with van der Waals surface area (Å²) in [6.45, 7) is 3.26. The Bertz CT molecular complexity index is 496. The van der Waals surface area contributed by atoms with Crippen molar-refractivity contribution in [2.75, 3.05) is 17.2 Å². The molecule has 0 saturated heterocycles. The average Bonchev–Trinajstić information content (AvgIpc) is 2.95. The molecule has 1 aromatic rings. The number of anilines is 2. The zero-order chi connectivity index (χ0) is 13.9. The average molecular weight is 309 g/mol. The van der Waals surface area contributed by atoms with Gasteiger partial charge in [-0.3, -0.25) is 4.79 Å². The predicted molar refractivity (Wildman–Crippen MR) is 90.3 cm³/mol. The molecule has 4 heteroatoms. The third kappa shape index (κ3) is 3.70. The Balaban J connectivity index is 0.00000161. The second-order valence-corrected chi connectivity index (χ2v) is 6.16. The van der Waals surface area contributed by atoms with Crippen LogP contribution in [0.5, 0.6) is 0 Å². The highest BCUT2D eigenvalue weighted by atomic mass is 35.5. The number of rotatable bonds is 3. The molecule has 2 aliphatic rings. The minimum absolute atomic E-state index is 0. The van der Waals surface area contributed by atoms with Gasteiger partial charge in [0, 0.05) is 23.8 Å². The van der Waals surface area contributed by atoms with Crippen LogP contribution < -0.4 is 10.6 Å². The maximum absolute atomic E-state index is 12.3. The molecule has 0 atom stereocenters. The molecular formula is C17H25ClN2O. The van der Waals surface area contributed by atoms with E-state index in [1.165, 1.54) is 30.5 Å². The lowest BCUT2D eigenvalue weighted by Gasteiger charge is -2.27. The van der Waals surface area contributed by atoms with E-state index in [2.05, 4.69) is 29.7 Å². The Morgan fingerprint density at radius 3 is 2.76 bits per heavy atom. The lowest BCUT2D eigenvalue weighted by molar-refractivity contribution is -0.121. The second kappa shape index (κ2) is 7.17. The Labute approximate surface area is 133 Å². The molecule has 0 aromatic heterocycles. The number of hydrogen-bond donors (Lipinski definition) is 2. The SMILES string of the molecule is CCC1CCC(C(=O)Nc2ccc3c(c2)CCN3)CC1.Cl. The topological polar surface area (TPSA) is 41.1 Å². The van der Waals surface area contributed by atoms with Crippen LogP contribution in [0.15, 0.2) is 18.2 Å². The Morgan fingerprint density at radius 2 is 2.05 bits per heavy atom. The van der Waals surface area contributed by atoms with Gasteiger partial charge in [0.1, 0.15) is 0 Å². The normalized spacial score (nSPS) is 23.7. The molecule has 3 nitrogen and oxygen atoms in total. The zero-order valence-electron chi connectivity index (χ0n) is 12.7. The first kappa shape index (κ1) is 16.2. The van der Waals surface area contributed by atoms with E-state index in [9.17, 15) is 4.79 Å². The van der Waals surface area contributed by atoms with Crippen LogP contribution >= 0.6 is 12.4 Å². The van der Waals surface area contributed by atoms with Crippen molar-refractivity contribution in [1.29, 1.82) is 0 Å². The quantitative estimate of drug-likeness (QED) is 0.877. The molecule has 1 heterocycles. The maximum Gasteiger partial charge on any atom is 0.227 e. The summed E-state index contributed by atoms with van der Waals surface area (Å²) in [5, 5.41) is 6.45. The molecule has 3 rings (SSSR count). The van der Waals surface area contributed by atoms with E-state index in [0.717, 1.165) is 37.4 Å². The summed E-state index contributed by atoms with van der Waals surface area (Å²) in [6, 6.07) is 6.20. The smallest absolute Gasteiger partial charge is 0.227 e. The summed E-state index contributed by atoms with van der Waals surface area (Å²) in [7, 11) is 0. The van der Waals surface area contributed by atoms with Gasteiger partial charge >= 0.3 is 0 Å². The summed E-state index contributed by atoms with van der Waals surface area (Å²) in [4.78, 5) is 12.3. The molecule has 21 heavy (non-hydrogen) atoms. The van der Waals surface area contributed by atoms with Gasteiger partial charge in [-0.15, -0.1) is 12.4 Å². The van der Waals surface area contributed by atoms with E-state index >= 15 is 0 Å². The lowest BCUT2D eigenvalue weighted by atomic mass is 9.80. The molecule has 0 unspecified atom stereocenters. The number of halogens is 1. The van der Waals surface area contributed by atoms with Crippen LogP contribution in [0.4, 0.5) is 11.4 Å². The highest BCUT2D eigenvalue weighted by Crippen LogP contribution is 2.32. The predicted octanol–water partition coefficient (Wildman–Crippen LogP) is 4.23. The van der Waals surface area contributed by atoms with Crippen LogP contribution in [0.3, 0.4) is 0 Å². The molecule has 1 aliphatic carbocycles. The standard InChI is InChI=1S/C17H24N2O.ClH/c1-2-12-3-5-13(6-4-12)17(20)19-15-7-8-16-14(11-15)9-10-18-16;/h7-8,11-13,18H,2-6,9-10H2,1H3,(H,19,20);1H. The van der Waals surface area contributed by atoms with Gasteiger partial charge in [0.2, 0.25) is 5.91 Å². The van der Waals surface area contributed by atoms with Crippen molar-refractivity contribution in [3.63, 3.8) is 0 Å².